The Kier molecular flexibility index (Phi) is 6.62. The molecule has 2 amide bonds. The molecule has 7 nitrogen and oxygen atoms in total. The van der Waals surface area contributed by atoms with Crippen molar-refractivity contribution in [1.29, 1.82) is 0 Å². The monoisotopic (exact) mass is 478 g/mol. The van der Waals surface area contributed by atoms with Crippen molar-refractivity contribution in [2.24, 2.45) is 0 Å². The summed E-state index contributed by atoms with van der Waals surface area (Å²) in [6.45, 7) is 2.01. The maximum Gasteiger partial charge on any atom is 0.291 e. The van der Waals surface area contributed by atoms with Crippen molar-refractivity contribution in [3.63, 3.8) is 0 Å². The minimum absolute atomic E-state index is 0.0985. The number of H-pyrrole nitrogens is 1. The molecular weight excluding hydrogens is 452 g/mol. The Balaban J connectivity index is 1.18. The van der Waals surface area contributed by atoms with Gasteiger partial charge in [0.25, 0.3) is 5.91 Å². The normalized spacial score (nSPS) is 11.8. The number of amides is 2. The molecule has 0 saturated carbocycles. The molecule has 1 atom stereocenters. The van der Waals surface area contributed by atoms with Crippen LogP contribution in [0.25, 0.3) is 22.2 Å². The van der Waals surface area contributed by atoms with Crippen molar-refractivity contribution < 1.29 is 14.0 Å². The molecular formula is C29H26N4O3. The lowest BCUT2D eigenvalue weighted by atomic mass is 10.1. The third-order valence-corrected chi connectivity index (χ3v) is 5.98. The van der Waals surface area contributed by atoms with Crippen LogP contribution < -0.4 is 10.6 Å². The molecule has 3 aromatic carbocycles. The van der Waals surface area contributed by atoms with Gasteiger partial charge in [0.05, 0.1) is 24.4 Å². The van der Waals surface area contributed by atoms with Crippen LogP contribution in [-0.4, -0.2) is 21.8 Å². The summed E-state index contributed by atoms with van der Waals surface area (Å²) >= 11 is 0. The fourth-order valence-corrected chi connectivity index (χ4v) is 4.07. The molecule has 5 rings (SSSR count). The average Bonchev–Trinajstić information content (AvgIpc) is 3.57. The van der Waals surface area contributed by atoms with Crippen LogP contribution in [0, 0.1) is 0 Å². The van der Waals surface area contributed by atoms with E-state index in [1.54, 1.807) is 24.4 Å². The van der Waals surface area contributed by atoms with E-state index in [0.29, 0.717) is 17.7 Å². The number of benzene rings is 3. The SMILES string of the molecule is CCC(NC(=O)Cc1ccc(NC(=O)c2cc3ccccc3o2)cc1)c1ncc(-c2ccccc2)[nH]1. The average molecular weight is 479 g/mol. The lowest BCUT2D eigenvalue weighted by Crippen LogP contribution is -2.30. The van der Waals surface area contributed by atoms with Crippen molar-refractivity contribution >= 4 is 28.5 Å². The zero-order valence-electron chi connectivity index (χ0n) is 19.8. The van der Waals surface area contributed by atoms with Gasteiger partial charge in [-0.3, -0.25) is 9.59 Å². The highest BCUT2D eigenvalue weighted by Gasteiger charge is 2.17. The topological polar surface area (TPSA) is 100 Å². The molecule has 0 fully saturated rings. The van der Waals surface area contributed by atoms with E-state index in [-0.39, 0.29) is 30.0 Å². The summed E-state index contributed by atoms with van der Waals surface area (Å²) in [7, 11) is 0. The lowest BCUT2D eigenvalue weighted by molar-refractivity contribution is -0.121. The molecule has 3 N–H and O–H groups in total. The van der Waals surface area contributed by atoms with E-state index < -0.39 is 0 Å². The van der Waals surface area contributed by atoms with Gasteiger partial charge in [0.2, 0.25) is 5.91 Å². The first-order valence-corrected chi connectivity index (χ1v) is 11.9. The van der Waals surface area contributed by atoms with Crippen LogP contribution in [0.2, 0.25) is 0 Å². The van der Waals surface area contributed by atoms with E-state index in [0.717, 1.165) is 28.0 Å². The van der Waals surface area contributed by atoms with Gasteiger partial charge in [0.15, 0.2) is 5.76 Å². The highest BCUT2D eigenvalue weighted by atomic mass is 16.3. The Morgan fingerprint density at radius 2 is 1.72 bits per heavy atom. The number of furan rings is 1. The number of hydrogen-bond acceptors (Lipinski definition) is 4. The molecule has 1 unspecified atom stereocenters. The van der Waals surface area contributed by atoms with E-state index in [1.807, 2.05) is 73.7 Å². The number of hydrogen-bond donors (Lipinski definition) is 3. The Morgan fingerprint density at radius 3 is 2.47 bits per heavy atom. The Hall–Kier alpha value is -4.65. The first kappa shape index (κ1) is 23.1. The van der Waals surface area contributed by atoms with Crippen LogP contribution in [-0.2, 0) is 11.2 Å². The summed E-state index contributed by atoms with van der Waals surface area (Å²) in [4.78, 5) is 33.1. The number of fused-ring (bicyclic) bond motifs is 1. The molecule has 7 heteroatoms. The summed E-state index contributed by atoms with van der Waals surface area (Å²) < 4.78 is 5.62. The van der Waals surface area contributed by atoms with Gasteiger partial charge in [-0.1, -0.05) is 67.6 Å². The molecule has 36 heavy (non-hydrogen) atoms. The largest absolute Gasteiger partial charge is 0.451 e. The molecule has 0 aliphatic heterocycles. The Labute approximate surface area is 208 Å². The van der Waals surface area contributed by atoms with Crippen molar-refractivity contribution in [3.05, 3.63) is 108 Å². The Bertz CT molecular complexity index is 1450. The number of para-hydroxylation sites is 1. The van der Waals surface area contributed by atoms with E-state index in [4.69, 9.17) is 4.42 Å². The molecule has 0 saturated heterocycles. The predicted octanol–water partition coefficient (Wildman–Crippen LogP) is 5.89. The maximum absolute atomic E-state index is 12.7. The van der Waals surface area contributed by atoms with Crippen molar-refractivity contribution in [3.8, 4) is 11.3 Å². The van der Waals surface area contributed by atoms with Crippen LogP contribution >= 0.6 is 0 Å². The van der Waals surface area contributed by atoms with Crippen LogP contribution in [0.3, 0.4) is 0 Å². The molecule has 0 aliphatic rings. The third-order valence-electron chi connectivity index (χ3n) is 5.98. The standard InChI is InChI=1S/C29H26N4O3/c1-2-23(28-30-18-24(33-28)20-8-4-3-5-9-20)32-27(34)16-19-12-14-22(15-13-19)31-29(35)26-17-21-10-6-7-11-25(21)36-26/h3-15,17-18,23H,2,16H2,1H3,(H,30,33)(H,31,35)(H,32,34). The fraction of sp³-hybridized carbons (Fsp3) is 0.138. The maximum atomic E-state index is 12.7. The molecule has 0 spiro atoms. The zero-order valence-corrected chi connectivity index (χ0v) is 19.8. The quantitative estimate of drug-likeness (QED) is 0.259. The summed E-state index contributed by atoms with van der Waals surface area (Å²) in [5.41, 5.74) is 4.09. The number of aromatic amines is 1. The molecule has 2 aromatic heterocycles. The van der Waals surface area contributed by atoms with E-state index in [2.05, 4.69) is 20.6 Å². The van der Waals surface area contributed by atoms with Gasteiger partial charge in [-0.2, -0.15) is 0 Å². The summed E-state index contributed by atoms with van der Waals surface area (Å²) in [5.74, 6) is 0.557. The third kappa shape index (κ3) is 5.20. The van der Waals surface area contributed by atoms with Crippen LogP contribution in [0.4, 0.5) is 5.69 Å². The van der Waals surface area contributed by atoms with Gasteiger partial charge in [-0.05, 0) is 41.8 Å². The van der Waals surface area contributed by atoms with E-state index >= 15 is 0 Å². The minimum Gasteiger partial charge on any atom is -0.451 e. The molecule has 0 aliphatic carbocycles. The van der Waals surface area contributed by atoms with Crippen molar-refractivity contribution in [2.75, 3.05) is 5.32 Å². The summed E-state index contributed by atoms with van der Waals surface area (Å²) in [5, 5.41) is 6.77. The van der Waals surface area contributed by atoms with Crippen LogP contribution in [0.1, 0.15) is 41.3 Å². The first-order valence-electron chi connectivity index (χ1n) is 11.9. The van der Waals surface area contributed by atoms with Gasteiger partial charge in [0.1, 0.15) is 11.4 Å². The number of anilines is 1. The van der Waals surface area contributed by atoms with E-state index in [1.165, 1.54) is 0 Å². The van der Waals surface area contributed by atoms with E-state index in [9.17, 15) is 9.59 Å². The zero-order chi connectivity index (χ0) is 24.9. The lowest BCUT2D eigenvalue weighted by Gasteiger charge is -2.15. The van der Waals surface area contributed by atoms with Gasteiger partial charge in [-0.25, -0.2) is 4.98 Å². The van der Waals surface area contributed by atoms with Crippen molar-refractivity contribution in [2.45, 2.75) is 25.8 Å². The number of carbonyl (C=O) groups excluding carboxylic acids is 2. The van der Waals surface area contributed by atoms with Gasteiger partial charge in [-0.15, -0.1) is 0 Å². The molecule has 0 radical (unpaired) electrons. The number of carbonyl (C=O) groups is 2. The number of nitrogens with one attached hydrogen (secondary N) is 3. The highest BCUT2D eigenvalue weighted by Crippen LogP contribution is 2.22. The minimum atomic E-state index is -0.323. The summed E-state index contributed by atoms with van der Waals surface area (Å²) in [6.07, 6.45) is 2.72. The van der Waals surface area contributed by atoms with Crippen LogP contribution in [0.15, 0.2) is 95.5 Å². The van der Waals surface area contributed by atoms with Crippen LogP contribution in [0.5, 0.6) is 0 Å². The second-order valence-corrected chi connectivity index (χ2v) is 8.55. The fourth-order valence-electron chi connectivity index (χ4n) is 4.07. The smallest absolute Gasteiger partial charge is 0.291 e. The first-order chi connectivity index (χ1) is 17.6. The van der Waals surface area contributed by atoms with Crippen molar-refractivity contribution in [1.82, 2.24) is 15.3 Å². The van der Waals surface area contributed by atoms with Gasteiger partial charge < -0.3 is 20.0 Å². The molecule has 5 aromatic rings. The highest BCUT2D eigenvalue weighted by molar-refractivity contribution is 6.04. The number of imidazole rings is 1. The molecule has 180 valence electrons. The second kappa shape index (κ2) is 10.3. The van der Waals surface area contributed by atoms with Gasteiger partial charge in [0, 0.05) is 11.1 Å². The number of aromatic nitrogens is 2. The molecule has 2 heterocycles. The predicted molar refractivity (Wildman–Crippen MR) is 140 cm³/mol. The molecule has 0 bridgehead atoms. The Morgan fingerprint density at radius 1 is 0.972 bits per heavy atom. The second-order valence-electron chi connectivity index (χ2n) is 8.55. The number of nitrogens with zero attached hydrogens (tertiary/aromatic N) is 1. The van der Waals surface area contributed by atoms with Gasteiger partial charge >= 0.3 is 0 Å². The summed E-state index contributed by atoms with van der Waals surface area (Å²) in [6, 6.07) is 26.1. The number of rotatable bonds is 8.